The summed E-state index contributed by atoms with van der Waals surface area (Å²) in [7, 11) is 0. The molecule has 19 heavy (non-hydrogen) atoms. The summed E-state index contributed by atoms with van der Waals surface area (Å²) in [4.78, 5) is 4.95. The lowest BCUT2D eigenvalue weighted by Gasteiger charge is -2.03. The molecule has 0 aromatic carbocycles. The summed E-state index contributed by atoms with van der Waals surface area (Å²) in [6, 6.07) is 4.23. The molecule has 0 saturated carbocycles. The van der Waals surface area contributed by atoms with E-state index < -0.39 is 0 Å². The van der Waals surface area contributed by atoms with Crippen LogP contribution >= 0.6 is 11.3 Å². The van der Waals surface area contributed by atoms with E-state index in [1.165, 1.54) is 6.42 Å². The molecule has 6 nitrogen and oxygen atoms in total. The topological polar surface area (TPSA) is 68.0 Å². The van der Waals surface area contributed by atoms with Crippen LogP contribution in [0.1, 0.15) is 23.9 Å². The molecule has 3 aromatic rings. The maximum atomic E-state index is 4.65. The van der Waals surface area contributed by atoms with Crippen LogP contribution in [-0.4, -0.2) is 31.3 Å². The molecule has 4 heterocycles. The van der Waals surface area contributed by atoms with E-state index in [1.54, 1.807) is 23.7 Å². The van der Waals surface area contributed by atoms with Crippen molar-refractivity contribution in [2.45, 2.75) is 18.9 Å². The van der Waals surface area contributed by atoms with Crippen molar-refractivity contribution in [2.24, 2.45) is 0 Å². The second kappa shape index (κ2) is 4.36. The van der Waals surface area contributed by atoms with Gasteiger partial charge in [-0.25, -0.2) is 0 Å². The van der Waals surface area contributed by atoms with Gasteiger partial charge in [0.25, 0.3) is 0 Å². The van der Waals surface area contributed by atoms with Gasteiger partial charge in [-0.15, -0.1) is 10.2 Å². The van der Waals surface area contributed by atoms with Gasteiger partial charge in [0.2, 0.25) is 4.96 Å². The molecule has 1 aliphatic heterocycles. The molecule has 0 radical (unpaired) electrons. The highest BCUT2D eigenvalue weighted by atomic mass is 32.1. The average Bonchev–Trinajstić information content (AvgIpc) is 3.15. The predicted molar refractivity (Wildman–Crippen MR) is 71.9 cm³/mol. The molecule has 0 aliphatic carbocycles. The van der Waals surface area contributed by atoms with E-state index in [-0.39, 0.29) is 0 Å². The van der Waals surface area contributed by atoms with Crippen LogP contribution in [0.4, 0.5) is 0 Å². The van der Waals surface area contributed by atoms with E-state index in [0.29, 0.717) is 6.04 Å². The summed E-state index contributed by atoms with van der Waals surface area (Å²) in [5, 5.41) is 17.6. The Morgan fingerprint density at radius 3 is 3.16 bits per heavy atom. The molecule has 96 valence electrons. The number of rotatable bonds is 2. The third-order valence-electron chi connectivity index (χ3n) is 3.28. The molecule has 7 heteroatoms. The highest BCUT2D eigenvalue weighted by molar-refractivity contribution is 7.16. The zero-order chi connectivity index (χ0) is 12.7. The van der Waals surface area contributed by atoms with Gasteiger partial charge >= 0.3 is 0 Å². The van der Waals surface area contributed by atoms with Crippen LogP contribution in [0.3, 0.4) is 0 Å². The molecular formula is C12H12N6S. The zero-order valence-corrected chi connectivity index (χ0v) is 11.0. The SMILES string of the molecule is c1cncc(-c2nnc3sc(C4CCCN4)nn23)c1. The molecule has 0 bridgehead atoms. The predicted octanol–water partition coefficient (Wildman–Crippen LogP) is 1.67. The zero-order valence-electron chi connectivity index (χ0n) is 10.2. The Labute approximate surface area is 113 Å². The van der Waals surface area contributed by atoms with Crippen LogP contribution in [0.2, 0.25) is 0 Å². The Morgan fingerprint density at radius 1 is 1.37 bits per heavy atom. The molecule has 4 rings (SSSR count). The van der Waals surface area contributed by atoms with E-state index in [0.717, 1.165) is 34.3 Å². The number of pyridine rings is 1. The molecule has 3 aromatic heterocycles. The monoisotopic (exact) mass is 272 g/mol. The molecule has 1 fully saturated rings. The van der Waals surface area contributed by atoms with Gasteiger partial charge in [0.05, 0.1) is 6.04 Å². The first-order chi connectivity index (χ1) is 9.42. The number of fused-ring (bicyclic) bond motifs is 1. The van der Waals surface area contributed by atoms with Crippen LogP contribution in [0.25, 0.3) is 16.3 Å². The van der Waals surface area contributed by atoms with Gasteiger partial charge in [0.1, 0.15) is 5.01 Å². The van der Waals surface area contributed by atoms with Crippen molar-refractivity contribution in [3.8, 4) is 11.4 Å². The summed E-state index contributed by atoms with van der Waals surface area (Å²) >= 11 is 1.61. The maximum absolute atomic E-state index is 4.65. The highest BCUT2D eigenvalue weighted by Crippen LogP contribution is 2.28. The number of hydrogen-bond acceptors (Lipinski definition) is 6. The van der Waals surface area contributed by atoms with Crippen molar-refractivity contribution in [2.75, 3.05) is 6.54 Å². The molecule has 0 spiro atoms. The largest absolute Gasteiger partial charge is 0.308 e. The van der Waals surface area contributed by atoms with Gasteiger partial charge in [-0.2, -0.15) is 9.61 Å². The number of aromatic nitrogens is 5. The third-order valence-corrected chi connectivity index (χ3v) is 4.30. The Hall–Kier alpha value is -1.86. The molecule has 1 saturated heterocycles. The smallest absolute Gasteiger partial charge is 0.235 e. The quantitative estimate of drug-likeness (QED) is 0.768. The van der Waals surface area contributed by atoms with E-state index in [1.807, 2.05) is 16.6 Å². The minimum atomic E-state index is 0.369. The first-order valence-corrected chi connectivity index (χ1v) is 7.09. The summed E-state index contributed by atoms with van der Waals surface area (Å²) in [6.07, 6.45) is 5.88. The maximum Gasteiger partial charge on any atom is 0.235 e. The van der Waals surface area contributed by atoms with Gasteiger partial charge in [-0.1, -0.05) is 11.3 Å². The van der Waals surface area contributed by atoms with Gasteiger partial charge in [0.15, 0.2) is 5.82 Å². The minimum absolute atomic E-state index is 0.369. The van der Waals surface area contributed by atoms with Crippen LogP contribution in [-0.2, 0) is 0 Å². The Kier molecular flexibility index (Phi) is 2.52. The van der Waals surface area contributed by atoms with Crippen molar-refractivity contribution in [1.29, 1.82) is 0 Å². The number of hydrogen-bond donors (Lipinski definition) is 1. The lowest BCUT2D eigenvalue weighted by molar-refractivity contribution is 0.630. The second-order valence-electron chi connectivity index (χ2n) is 4.55. The summed E-state index contributed by atoms with van der Waals surface area (Å²) in [5.41, 5.74) is 0.936. The Morgan fingerprint density at radius 2 is 2.37 bits per heavy atom. The van der Waals surface area contributed by atoms with Crippen molar-refractivity contribution in [3.05, 3.63) is 29.5 Å². The average molecular weight is 272 g/mol. The fourth-order valence-electron chi connectivity index (χ4n) is 2.34. The van der Waals surface area contributed by atoms with Crippen molar-refractivity contribution >= 4 is 16.3 Å². The lowest BCUT2D eigenvalue weighted by atomic mass is 10.2. The third kappa shape index (κ3) is 1.82. The fraction of sp³-hybridized carbons (Fsp3) is 0.333. The first-order valence-electron chi connectivity index (χ1n) is 6.28. The minimum Gasteiger partial charge on any atom is -0.308 e. The van der Waals surface area contributed by atoms with Crippen molar-refractivity contribution < 1.29 is 0 Å². The summed E-state index contributed by atoms with van der Waals surface area (Å²) < 4.78 is 1.82. The van der Waals surface area contributed by atoms with Gasteiger partial charge < -0.3 is 5.32 Å². The van der Waals surface area contributed by atoms with E-state index in [4.69, 9.17) is 0 Å². The standard InChI is InChI=1S/C12H12N6S/c1-3-8(7-13-5-1)10-15-16-12-18(10)17-11(19-12)9-4-2-6-14-9/h1,3,5,7,9,14H,2,4,6H2. The summed E-state index contributed by atoms with van der Waals surface area (Å²) in [5.74, 6) is 0.753. The van der Waals surface area contributed by atoms with Crippen molar-refractivity contribution in [1.82, 2.24) is 30.1 Å². The summed E-state index contributed by atoms with van der Waals surface area (Å²) in [6.45, 7) is 1.07. The number of nitrogens with zero attached hydrogens (tertiary/aromatic N) is 5. The first kappa shape index (κ1) is 11.0. The van der Waals surface area contributed by atoms with Gasteiger partial charge in [-0.05, 0) is 31.5 Å². The fourth-order valence-corrected chi connectivity index (χ4v) is 3.29. The van der Waals surface area contributed by atoms with Crippen LogP contribution in [0.15, 0.2) is 24.5 Å². The van der Waals surface area contributed by atoms with Crippen LogP contribution in [0.5, 0.6) is 0 Å². The normalized spacial score (nSPS) is 19.3. The Bertz CT molecular complexity index is 697. The molecule has 0 amide bonds. The molecule has 1 N–H and O–H groups in total. The van der Waals surface area contributed by atoms with Crippen LogP contribution in [0, 0.1) is 0 Å². The molecular weight excluding hydrogens is 260 g/mol. The van der Waals surface area contributed by atoms with Gasteiger partial charge in [0, 0.05) is 18.0 Å². The lowest BCUT2D eigenvalue weighted by Crippen LogP contribution is -2.12. The Balaban J connectivity index is 1.80. The highest BCUT2D eigenvalue weighted by Gasteiger charge is 2.22. The van der Waals surface area contributed by atoms with Gasteiger partial charge in [-0.3, -0.25) is 4.98 Å². The molecule has 1 atom stereocenters. The van der Waals surface area contributed by atoms with Crippen LogP contribution < -0.4 is 5.32 Å². The molecule has 1 unspecified atom stereocenters. The van der Waals surface area contributed by atoms with E-state index >= 15 is 0 Å². The van der Waals surface area contributed by atoms with Crippen molar-refractivity contribution in [3.63, 3.8) is 0 Å². The molecule has 1 aliphatic rings. The van der Waals surface area contributed by atoms with E-state index in [9.17, 15) is 0 Å². The van der Waals surface area contributed by atoms with E-state index in [2.05, 4.69) is 25.6 Å². The second-order valence-corrected chi connectivity index (χ2v) is 5.54. The number of nitrogens with one attached hydrogen (secondary N) is 1.